The van der Waals surface area contributed by atoms with Gasteiger partial charge in [-0.3, -0.25) is 9.59 Å². The summed E-state index contributed by atoms with van der Waals surface area (Å²) in [6.07, 6.45) is 0. The van der Waals surface area contributed by atoms with E-state index in [1.807, 2.05) is 12.1 Å². The first kappa shape index (κ1) is 19.5. The highest BCUT2D eigenvalue weighted by Gasteiger charge is 2.16. The summed E-state index contributed by atoms with van der Waals surface area (Å²) in [7, 11) is 0. The predicted octanol–water partition coefficient (Wildman–Crippen LogP) is 2.71. The van der Waals surface area contributed by atoms with Crippen molar-refractivity contribution in [2.45, 2.75) is 13.0 Å². The van der Waals surface area contributed by atoms with Crippen molar-refractivity contribution in [1.29, 1.82) is 0 Å². The summed E-state index contributed by atoms with van der Waals surface area (Å²) < 4.78 is 0.743. The molecule has 26 heavy (non-hydrogen) atoms. The molecule has 0 fully saturated rings. The number of anilines is 2. The van der Waals surface area contributed by atoms with Crippen LogP contribution in [-0.2, 0) is 9.59 Å². The number of carbonyl (C=O) groups is 3. The molecule has 2 aromatic carbocycles. The minimum absolute atomic E-state index is 0.202. The summed E-state index contributed by atoms with van der Waals surface area (Å²) in [6, 6.07) is 14.7. The second-order valence-electron chi connectivity index (χ2n) is 5.43. The van der Waals surface area contributed by atoms with Crippen LogP contribution in [-0.4, -0.2) is 30.4 Å². The van der Waals surface area contributed by atoms with Gasteiger partial charge in [-0.05, 0) is 47.1 Å². The number of amides is 4. The molecule has 8 heteroatoms. The lowest BCUT2D eigenvalue weighted by molar-refractivity contribution is -0.125. The predicted molar refractivity (Wildman–Crippen MR) is 104 cm³/mol. The smallest absolute Gasteiger partial charge is 0.319 e. The molecule has 1 atom stereocenters. The highest BCUT2D eigenvalue weighted by Crippen LogP contribution is 2.20. The number of hydrogen-bond donors (Lipinski definition) is 4. The normalized spacial score (nSPS) is 11.2. The van der Waals surface area contributed by atoms with Crippen LogP contribution in [0.5, 0.6) is 0 Å². The number of hydrogen-bond acceptors (Lipinski definition) is 3. The summed E-state index contributed by atoms with van der Waals surface area (Å²) in [5.74, 6) is -0.832. The van der Waals surface area contributed by atoms with Crippen molar-refractivity contribution in [3.05, 3.63) is 59.1 Å². The quantitative estimate of drug-likeness (QED) is 0.580. The second-order valence-corrected chi connectivity index (χ2v) is 6.29. The average Bonchev–Trinajstić information content (AvgIpc) is 2.62. The molecule has 0 aliphatic rings. The maximum atomic E-state index is 12.0. The number of rotatable bonds is 6. The van der Waals surface area contributed by atoms with Gasteiger partial charge in [0.2, 0.25) is 11.8 Å². The molecule has 0 bridgehead atoms. The third-order valence-electron chi connectivity index (χ3n) is 3.34. The highest BCUT2D eigenvalue weighted by molar-refractivity contribution is 9.10. The summed E-state index contributed by atoms with van der Waals surface area (Å²) >= 11 is 3.33. The first-order chi connectivity index (χ1) is 12.5. The van der Waals surface area contributed by atoms with Crippen molar-refractivity contribution >= 4 is 45.2 Å². The summed E-state index contributed by atoms with van der Waals surface area (Å²) in [6.45, 7) is 1.33. The topological polar surface area (TPSA) is 99.3 Å². The van der Waals surface area contributed by atoms with Crippen molar-refractivity contribution in [3.8, 4) is 0 Å². The largest absolute Gasteiger partial charge is 0.345 e. The second kappa shape index (κ2) is 9.57. The van der Waals surface area contributed by atoms with E-state index in [0.29, 0.717) is 11.4 Å². The van der Waals surface area contributed by atoms with Gasteiger partial charge in [0, 0.05) is 10.2 Å². The lowest BCUT2D eigenvalue weighted by Crippen LogP contribution is -2.47. The molecular formula is C18H19BrN4O3. The Morgan fingerprint density at radius 1 is 0.962 bits per heavy atom. The van der Waals surface area contributed by atoms with Gasteiger partial charge in [0.1, 0.15) is 6.04 Å². The molecule has 0 saturated carbocycles. The van der Waals surface area contributed by atoms with Crippen LogP contribution < -0.4 is 21.3 Å². The van der Waals surface area contributed by atoms with E-state index in [9.17, 15) is 14.4 Å². The fourth-order valence-electron chi connectivity index (χ4n) is 2.03. The molecule has 4 N–H and O–H groups in total. The van der Waals surface area contributed by atoms with Gasteiger partial charge < -0.3 is 21.3 Å². The van der Waals surface area contributed by atoms with Gasteiger partial charge in [-0.2, -0.15) is 0 Å². The Bertz CT molecular complexity index is 783. The molecule has 2 aromatic rings. The first-order valence-electron chi connectivity index (χ1n) is 7.90. The molecule has 0 aromatic heterocycles. The molecule has 0 spiro atoms. The fraction of sp³-hybridized carbons (Fsp3) is 0.167. The monoisotopic (exact) mass is 418 g/mol. The maximum Gasteiger partial charge on any atom is 0.319 e. The molecule has 4 amide bonds. The van der Waals surface area contributed by atoms with Gasteiger partial charge in [0.15, 0.2) is 0 Å². The van der Waals surface area contributed by atoms with Gasteiger partial charge >= 0.3 is 6.03 Å². The van der Waals surface area contributed by atoms with Crippen molar-refractivity contribution < 1.29 is 14.4 Å². The molecule has 136 valence electrons. The zero-order valence-corrected chi connectivity index (χ0v) is 15.7. The van der Waals surface area contributed by atoms with E-state index < -0.39 is 18.0 Å². The Hall–Kier alpha value is -2.87. The van der Waals surface area contributed by atoms with Crippen LogP contribution >= 0.6 is 15.9 Å². The Morgan fingerprint density at radius 3 is 2.31 bits per heavy atom. The minimum atomic E-state index is -0.796. The van der Waals surface area contributed by atoms with Gasteiger partial charge in [-0.1, -0.05) is 30.3 Å². The number of benzene rings is 2. The third kappa shape index (κ3) is 6.21. The van der Waals surface area contributed by atoms with Gasteiger partial charge in [0.25, 0.3) is 0 Å². The van der Waals surface area contributed by atoms with E-state index in [1.54, 1.807) is 42.5 Å². The summed E-state index contributed by atoms with van der Waals surface area (Å²) in [5.41, 5.74) is 1.23. The van der Waals surface area contributed by atoms with Crippen molar-refractivity contribution in [2.75, 3.05) is 17.2 Å². The first-order valence-corrected chi connectivity index (χ1v) is 8.69. The van der Waals surface area contributed by atoms with Crippen LogP contribution in [0.3, 0.4) is 0 Å². The number of nitrogens with one attached hydrogen (secondary N) is 4. The minimum Gasteiger partial charge on any atom is -0.345 e. The van der Waals surface area contributed by atoms with E-state index in [-0.39, 0.29) is 12.5 Å². The summed E-state index contributed by atoms with van der Waals surface area (Å²) in [5, 5.41) is 10.3. The molecule has 0 saturated heterocycles. The Morgan fingerprint density at radius 2 is 1.62 bits per heavy atom. The zero-order valence-electron chi connectivity index (χ0n) is 14.1. The van der Waals surface area contributed by atoms with Crippen molar-refractivity contribution in [1.82, 2.24) is 10.6 Å². The molecular weight excluding hydrogens is 400 g/mol. The van der Waals surface area contributed by atoms with E-state index >= 15 is 0 Å². The fourth-order valence-corrected chi connectivity index (χ4v) is 2.41. The summed E-state index contributed by atoms with van der Waals surface area (Å²) in [4.78, 5) is 35.8. The molecule has 0 aliphatic heterocycles. The van der Waals surface area contributed by atoms with Crippen molar-refractivity contribution in [3.63, 3.8) is 0 Å². The van der Waals surface area contributed by atoms with Crippen LogP contribution in [0, 0.1) is 0 Å². The Labute approximate surface area is 159 Å². The van der Waals surface area contributed by atoms with Crippen LogP contribution in [0.4, 0.5) is 16.2 Å². The highest BCUT2D eigenvalue weighted by atomic mass is 79.9. The molecule has 0 aliphatic carbocycles. The molecule has 0 unspecified atom stereocenters. The van der Waals surface area contributed by atoms with Crippen LogP contribution in [0.1, 0.15) is 6.92 Å². The lowest BCUT2D eigenvalue weighted by atomic mass is 10.3. The van der Waals surface area contributed by atoms with Crippen molar-refractivity contribution in [2.24, 2.45) is 0 Å². The Balaban J connectivity index is 1.75. The Kier molecular flexibility index (Phi) is 7.16. The average molecular weight is 419 g/mol. The number of para-hydroxylation sites is 2. The molecule has 7 nitrogen and oxygen atoms in total. The maximum absolute atomic E-state index is 12.0. The van der Waals surface area contributed by atoms with Gasteiger partial charge in [-0.25, -0.2) is 4.79 Å². The molecule has 2 rings (SSSR count). The molecule has 0 radical (unpaired) electrons. The number of urea groups is 1. The van der Waals surface area contributed by atoms with Crippen LogP contribution in [0.15, 0.2) is 59.1 Å². The van der Waals surface area contributed by atoms with E-state index in [4.69, 9.17) is 0 Å². The zero-order chi connectivity index (χ0) is 18.9. The molecule has 0 heterocycles. The van der Waals surface area contributed by atoms with E-state index in [2.05, 4.69) is 37.2 Å². The van der Waals surface area contributed by atoms with Gasteiger partial charge in [-0.15, -0.1) is 0 Å². The number of halogens is 1. The third-order valence-corrected chi connectivity index (χ3v) is 4.04. The lowest BCUT2D eigenvalue weighted by Gasteiger charge is -2.15. The SMILES string of the molecule is C[C@@H](NC(=O)Nc1ccccc1)C(=O)NCC(=O)Nc1ccccc1Br. The number of carbonyl (C=O) groups excluding carboxylic acids is 3. The standard InChI is InChI=1S/C18H19BrN4O3/c1-12(21-18(26)22-13-7-3-2-4-8-13)17(25)20-11-16(24)23-15-10-6-5-9-14(15)19/h2-10,12H,11H2,1H3,(H,20,25)(H,23,24)(H2,21,22,26)/t12-/m1/s1. The van der Waals surface area contributed by atoms with E-state index in [1.165, 1.54) is 6.92 Å². The van der Waals surface area contributed by atoms with E-state index in [0.717, 1.165) is 4.47 Å². The van der Waals surface area contributed by atoms with Crippen LogP contribution in [0.2, 0.25) is 0 Å². The van der Waals surface area contributed by atoms with Crippen LogP contribution in [0.25, 0.3) is 0 Å². The van der Waals surface area contributed by atoms with Gasteiger partial charge in [0.05, 0.1) is 12.2 Å².